The fraction of sp³-hybridized carbons (Fsp3) is 0.455. The van der Waals surface area contributed by atoms with Crippen molar-refractivity contribution < 1.29 is 9.59 Å². The van der Waals surface area contributed by atoms with Gasteiger partial charge in [-0.1, -0.05) is 12.1 Å². The van der Waals surface area contributed by atoms with Crippen LogP contribution in [0.5, 0.6) is 0 Å². The summed E-state index contributed by atoms with van der Waals surface area (Å²) in [4.78, 5) is 30.2. The van der Waals surface area contributed by atoms with Crippen molar-refractivity contribution in [3.8, 4) is 0 Å². The predicted molar refractivity (Wildman–Crippen MR) is 125 cm³/mol. The molecule has 0 bridgehead atoms. The molecule has 3 N–H and O–H groups in total. The van der Waals surface area contributed by atoms with Crippen LogP contribution in [0.4, 0.5) is 5.82 Å². The number of rotatable bonds is 7. The minimum absolute atomic E-state index is 0.00707. The largest absolute Gasteiger partial charge is 0.365 e. The Kier molecular flexibility index (Phi) is 6.29. The molecule has 1 aliphatic carbocycles. The number of anilines is 1. The molecule has 2 amide bonds. The first-order valence-electron chi connectivity index (χ1n) is 10.4. The number of piperidine rings is 1. The van der Waals surface area contributed by atoms with Crippen LogP contribution < -0.4 is 11.1 Å². The lowest BCUT2D eigenvalue weighted by molar-refractivity contribution is -0.117. The van der Waals surface area contributed by atoms with Crippen molar-refractivity contribution >= 4 is 40.2 Å². The molecule has 2 heterocycles. The van der Waals surface area contributed by atoms with Crippen molar-refractivity contribution in [2.24, 2.45) is 11.7 Å². The molecule has 9 heteroatoms. The smallest absolute Gasteiger partial charge is 0.254 e. The zero-order valence-corrected chi connectivity index (χ0v) is 19.3. The number of likely N-dealkylation sites (tertiary alicyclic amines) is 1. The first-order chi connectivity index (χ1) is 14.9. The van der Waals surface area contributed by atoms with Crippen LogP contribution >= 0.6 is 22.6 Å². The summed E-state index contributed by atoms with van der Waals surface area (Å²) in [5.74, 6) is -0.562. The number of primary amides is 1. The number of aromatic nitrogens is 2. The van der Waals surface area contributed by atoms with E-state index < -0.39 is 11.4 Å². The minimum Gasteiger partial charge on any atom is -0.365 e. The first kappa shape index (κ1) is 21.8. The molecular formula is C22H25IN6O2. The van der Waals surface area contributed by atoms with Gasteiger partial charge in [-0.25, -0.2) is 6.57 Å². The van der Waals surface area contributed by atoms with E-state index in [1.807, 2.05) is 0 Å². The SMILES string of the molecule is [C-]#[N+]CC1(n2cc(C(N)=O)c(NC(=O)C3CC3)n2)CCN(Cc2cccc(I)c2)CC1. The Balaban J connectivity index is 1.52. The standard InChI is InChI=1S/C22H25IN6O2/c1-25-14-22(7-9-28(10-8-22)12-15-3-2-4-17(23)11-15)29-13-18(19(24)30)20(27-29)26-21(31)16-5-6-16/h2-4,11,13,16H,5-10,12,14H2,(H2,24,30)(H,26,27,31). The van der Waals surface area contributed by atoms with Crippen molar-refractivity contribution in [2.75, 3.05) is 25.0 Å². The van der Waals surface area contributed by atoms with E-state index in [1.165, 1.54) is 9.13 Å². The highest BCUT2D eigenvalue weighted by Crippen LogP contribution is 2.34. The topological polar surface area (TPSA) is 97.6 Å². The van der Waals surface area contributed by atoms with E-state index in [1.54, 1.807) is 10.9 Å². The van der Waals surface area contributed by atoms with Crippen LogP contribution in [0.2, 0.25) is 0 Å². The van der Waals surface area contributed by atoms with E-state index in [4.69, 9.17) is 12.3 Å². The number of carbonyl (C=O) groups excluding carboxylic acids is 2. The maximum absolute atomic E-state index is 12.2. The summed E-state index contributed by atoms with van der Waals surface area (Å²) in [6.07, 6.45) is 4.78. The molecule has 31 heavy (non-hydrogen) atoms. The molecule has 0 spiro atoms. The van der Waals surface area contributed by atoms with Gasteiger partial charge in [0.05, 0.1) is 0 Å². The van der Waals surface area contributed by atoms with E-state index in [0.717, 1.165) is 45.3 Å². The molecule has 1 aromatic carbocycles. The molecule has 0 unspecified atom stereocenters. The molecule has 162 valence electrons. The maximum Gasteiger partial charge on any atom is 0.254 e. The van der Waals surface area contributed by atoms with Crippen LogP contribution in [0.3, 0.4) is 0 Å². The minimum atomic E-state index is -0.633. The number of hydrogen-bond donors (Lipinski definition) is 2. The third-order valence-corrected chi connectivity index (χ3v) is 6.78. The van der Waals surface area contributed by atoms with Crippen molar-refractivity contribution in [3.05, 3.63) is 56.6 Å². The molecule has 2 aromatic rings. The monoisotopic (exact) mass is 532 g/mol. The molecule has 1 saturated carbocycles. The van der Waals surface area contributed by atoms with Gasteiger partial charge in [0, 0.05) is 35.3 Å². The fourth-order valence-corrected chi connectivity index (χ4v) is 4.69. The molecule has 1 saturated heterocycles. The zero-order valence-electron chi connectivity index (χ0n) is 17.2. The van der Waals surface area contributed by atoms with Gasteiger partial charge < -0.3 is 15.9 Å². The summed E-state index contributed by atoms with van der Waals surface area (Å²) in [5.41, 5.74) is 6.49. The van der Waals surface area contributed by atoms with Crippen molar-refractivity contribution in [1.29, 1.82) is 0 Å². The molecule has 4 rings (SSSR count). The van der Waals surface area contributed by atoms with Crippen molar-refractivity contribution in [3.63, 3.8) is 0 Å². The number of carbonyl (C=O) groups is 2. The van der Waals surface area contributed by atoms with Crippen molar-refractivity contribution in [1.82, 2.24) is 14.7 Å². The lowest BCUT2D eigenvalue weighted by Crippen LogP contribution is -2.48. The van der Waals surface area contributed by atoms with Gasteiger partial charge in [0.25, 0.3) is 5.91 Å². The van der Waals surface area contributed by atoms with Gasteiger partial charge in [-0.3, -0.25) is 19.2 Å². The second-order valence-electron chi connectivity index (χ2n) is 8.41. The Morgan fingerprint density at radius 1 is 1.32 bits per heavy atom. The third-order valence-electron chi connectivity index (χ3n) is 6.11. The summed E-state index contributed by atoms with van der Waals surface area (Å²) >= 11 is 2.32. The number of hydrogen-bond acceptors (Lipinski definition) is 4. The summed E-state index contributed by atoms with van der Waals surface area (Å²) in [6, 6.07) is 8.46. The summed E-state index contributed by atoms with van der Waals surface area (Å²) < 4.78 is 2.92. The van der Waals surface area contributed by atoms with Gasteiger partial charge in [0.1, 0.15) is 11.1 Å². The normalized spacial score (nSPS) is 18.3. The van der Waals surface area contributed by atoms with Crippen LogP contribution in [0, 0.1) is 16.1 Å². The lowest BCUT2D eigenvalue weighted by atomic mass is 9.87. The molecule has 2 aliphatic rings. The first-order valence-corrected chi connectivity index (χ1v) is 11.5. The van der Waals surface area contributed by atoms with E-state index in [2.05, 4.69) is 67.0 Å². The molecule has 2 fully saturated rings. The fourth-order valence-electron chi connectivity index (χ4n) is 4.08. The average molecular weight is 532 g/mol. The van der Waals surface area contributed by atoms with Gasteiger partial charge in [0.2, 0.25) is 12.5 Å². The molecule has 1 aromatic heterocycles. The molecule has 1 aliphatic heterocycles. The number of halogens is 1. The van der Waals surface area contributed by atoms with Crippen molar-refractivity contribution in [2.45, 2.75) is 37.8 Å². The van der Waals surface area contributed by atoms with E-state index >= 15 is 0 Å². The number of amides is 2. The maximum atomic E-state index is 12.2. The zero-order chi connectivity index (χ0) is 22.0. The van der Waals surface area contributed by atoms with Gasteiger partial charge >= 0.3 is 0 Å². The third kappa shape index (κ3) is 4.91. The average Bonchev–Trinajstić information content (AvgIpc) is 3.50. The van der Waals surface area contributed by atoms with E-state index in [9.17, 15) is 9.59 Å². The second-order valence-corrected chi connectivity index (χ2v) is 9.66. The summed E-state index contributed by atoms with van der Waals surface area (Å²) in [5, 5.41) is 7.30. The van der Waals surface area contributed by atoms with E-state index in [0.29, 0.717) is 0 Å². The highest BCUT2D eigenvalue weighted by molar-refractivity contribution is 14.1. The molecule has 8 nitrogen and oxygen atoms in total. The number of nitrogens with one attached hydrogen (secondary N) is 1. The van der Waals surface area contributed by atoms with E-state index in [-0.39, 0.29) is 29.8 Å². The Hall–Kier alpha value is -2.45. The Bertz CT molecular complexity index is 1030. The highest BCUT2D eigenvalue weighted by Gasteiger charge is 2.41. The van der Waals surface area contributed by atoms with Gasteiger partial charge in [0.15, 0.2) is 5.82 Å². The molecule has 0 atom stereocenters. The molecule has 0 radical (unpaired) electrons. The number of nitrogens with two attached hydrogens (primary N) is 1. The highest BCUT2D eigenvalue weighted by atomic mass is 127. The Labute approximate surface area is 195 Å². The number of benzene rings is 1. The van der Waals surface area contributed by atoms with Gasteiger partial charge in [-0.05, 0) is 66.0 Å². The Morgan fingerprint density at radius 2 is 2.06 bits per heavy atom. The van der Waals surface area contributed by atoms with Gasteiger partial charge in [-0.15, -0.1) is 0 Å². The molecular weight excluding hydrogens is 507 g/mol. The summed E-state index contributed by atoms with van der Waals surface area (Å²) in [7, 11) is 0. The van der Waals surface area contributed by atoms with Gasteiger partial charge in [-0.2, -0.15) is 5.10 Å². The summed E-state index contributed by atoms with van der Waals surface area (Å²) in [6.45, 7) is 10.3. The lowest BCUT2D eigenvalue weighted by Gasteiger charge is -2.38. The van der Waals surface area contributed by atoms with Crippen LogP contribution in [-0.2, 0) is 16.9 Å². The van der Waals surface area contributed by atoms with Crippen LogP contribution in [0.15, 0.2) is 30.5 Å². The number of nitrogens with zero attached hydrogens (tertiary/aromatic N) is 4. The predicted octanol–water partition coefficient (Wildman–Crippen LogP) is 2.85. The Morgan fingerprint density at radius 3 is 2.68 bits per heavy atom. The van der Waals surface area contributed by atoms with Crippen LogP contribution in [0.25, 0.3) is 4.85 Å². The van der Waals surface area contributed by atoms with Crippen LogP contribution in [0.1, 0.15) is 41.6 Å². The van der Waals surface area contributed by atoms with Crippen LogP contribution in [-0.4, -0.2) is 46.1 Å². The quantitative estimate of drug-likeness (QED) is 0.424. The second kappa shape index (κ2) is 8.96.